The summed E-state index contributed by atoms with van der Waals surface area (Å²) in [6.45, 7) is 1.59. The zero-order valence-electron chi connectivity index (χ0n) is 13.1. The molecule has 1 aromatic carbocycles. The summed E-state index contributed by atoms with van der Waals surface area (Å²) in [5, 5.41) is 4.09. The van der Waals surface area contributed by atoms with Gasteiger partial charge in [0.05, 0.1) is 10.6 Å². The summed E-state index contributed by atoms with van der Waals surface area (Å²) in [6, 6.07) is 8.67. The highest BCUT2D eigenvalue weighted by Crippen LogP contribution is 2.31. The fourth-order valence-electron chi connectivity index (χ4n) is 2.26. The standard InChI is InChI=1S/C16H14N4O3S2/c1-8(12(21)18-15(17)23)25-16-19-13(22)11-10(7-24-14(11)20-16)9-5-3-2-4-6-9/h2-8H,1H3,(H,19,20,22)(H3,17,18,21,23)/t8-/m1/s1. The third-order valence-corrected chi connectivity index (χ3v) is 5.27. The number of nitrogens with zero attached hydrogens (tertiary/aromatic N) is 1. The van der Waals surface area contributed by atoms with Gasteiger partial charge in [-0.15, -0.1) is 11.3 Å². The molecule has 3 amide bonds. The number of thioether (sulfide) groups is 1. The highest BCUT2D eigenvalue weighted by atomic mass is 32.2. The van der Waals surface area contributed by atoms with Gasteiger partial charge in [0.15, 0.2) is 5.16 Å². The van der Waals surface area contributed by atoms with Gasteiger partial charge in [0.2, 0.25) is 5.91 Å². The van der Waals surface area contributed by atoms with Crippen LogP contribution in [0.1, 0.15) is 6.92 Å². The Morgan fingerprint density at radius 3 is 2.72 bits per heavy atom. The molecule has 128 valence electrons. The first-order valence-electron chi connectivity index (χ1n) is 7.29. The van der Waals surface area contributed by atoms with Crippen molar-refractivity contribution in [3.63, 3.8) is 0 Å². The number of hydrogen-bond donors (Lipinski definition) is 3. The summed E-state index contributed by atoms with van der Waals surface area (Å²) in [4.78, 5) is 42.7. The number of carbonyl (C=O) groups is 2. The molecule has 3 aromatic rings. The fraction of sp³-hybridized carbons (Fsp3) is 0.125. The van der Waals surface area contributed by atoms with Crippen molar-refractivity contribution in [1.82, 2.24) is 15.3 Å². The number of hydrogen-bond acceptors (Lipinski definition) is 6. The van der Waals surface area contributed by atoms with E-state index in [1.165, 1.54) is 11.3 Å². The maximum Gasteiger partial charge on any atom is 0.318 e. The monoisotopic (exact) mass is 374 g/mol. The predicted molar refractivity (Wildman–Crippen MR) is 98.7 cm³/mol. The van der Waals surface area contributed by atoms with Gasteiger partial charge >= 0.3 is 6.03 Å². The Bertz CT molecular complexity index is 998. The highest BCUT2D eigenvalue weighted by molar-refractivity contribution is 8.00. The van der Waals surface area contributed by atoms with Gasteiger partial charge in [0.1, 0.15) is 4.83 Å². The zero-order valence-corrected chi connectivity index (χ0v) is 14.7. The molecule has 0 fully saturated rings. The van der Waals surface area contributed by atoms with Crippen molar-refractivity contribution in [2.75, 3.05) is 0 Å². The van der Waals surface area contributed by atoms with E-state index in [0.717, 1.165) is 22.9 Å². The minimum Gasteiger partial charge on any atom is -0.351 e. The lowest BCUT2D eigenvalue weighted by Gasteiger charge is -2.09. The molecule has 0 saturated carbocycles. The van der Waals surface area contributed by atoms with Gasteiger partial charge in [-0.1, -0.05) is 42.1 Å². The topological polar surface area (TPSA) is 118 Å². The van der Waals surface area contributed by atoms with Crippen LogP contribution in [0.4, 0.5) is 4.79 Å². The van der Waals surface area contributed by atoms with E-state index >= 15 is 0 Å². The Hall–Kier alpha value is -2.65. The first kappa shape index (κ1) is 17.2. The molecule has 25 heavy (non-hydrogen) atoms. The number of aromatic amines is 1. The second-order valence-corrected chi connectivity index (χ2v) is 7.37. The lowest BCUT2D eigenvalue weighted by Crippen LogP contribution is -2.39. The van der Waals surface area contributed by atoms with Gasteiger partial charge in [-0.25, -0.2) is 9.78 Å². The van der Waals surface area contributed by atoms with Crippen molar-refractivity contribution in [2.45, 2.75) is 17.3 Å². The summed E-state index contributed by atoms with van der Waals surface area (Å²) in [5.41, 5.74) is 6.43. The number of nitrogens with two attached hydrogens (primary N) is 1. The van der Waals surface area contributed by atoms with E-state index in [-0.39, 0.29) is 5.56 Å². The Balaban J connectivity index is 1.92. The lowest BCUT2D eigenvalue weighted by atomic mass is 10.1. The van der Waals surface area contributed by atoms with E-state index in [2.05, 4.69) is 9.97 Å². The number of imide groups is 1. The molecule has 2 aromatic heterocycles. The SMILES string of the molecule is C[C@@H](Sc1nc2scc(-c3ccccc3)c2c(=O)[nH]1)C(=O)NC(N)=O. The van der Waals surface area contributed by atoms with Gasteiger partial charge in [-0.05, 0) is 12.5 Å². The summed E-state index contributed by atoms with van der Waals surface area (Å²) >= 11 is 2.41. The molecular formula is C16H14N4O3S2. The Labute approximate surface area is 150 Å². The number of nitrogens with one attached hydrogen (secondary N) is 2. The van der Waals surface area contributed by atoms with Crippen LogP contribution in [-0.4, -0.2) is 27.2 Å². The van der Waals surface area contributed by atoms with Crippen molar-refractivity contribution in [2.24, 2.45) is 5.73 Å². The van der Waals surface area contributed by atoms with Crippen LogP contribution < -0.4 is 16.6 Å². The molecule has 7 nitrogen and oxygen atoms in total. The number of urea groups is 1. The van der Waals surface area contributed by atoms with E-state index in [0.29, 0.717) is 15.4 Å². The van der Waals surface area contributed by atoms with E-state index < -0.39 is 17.2 Å². The number of aromatic nitrogens is 2. The normalized spacial score (nSPS) is 12.0. The van der Waals surface area contributed by atoms with Gasteiger partial charge in [0.25, 0.3) is 5.56 Å². The van der Waals surface area contributed by atoms with Crippen LogP contribution in [0.2, 0.25) is 0 Å². The molecule has 0 aliphatic carbocycles. The van der Waals surface area contributed by atoms with Crippen molar-refractivity contribution in [3.05, 3.63) is 46.1 Å². The fourth-order valence-corrected chi connectivity index (χ4v) is 4.06. The third-order valence-electron chi connectivity index (χ3n) is 3.41. The quantitative estimate of drug-likeness (QED) is 0.478. The maximum absolute atomic E-state index is 12.5. The summed E-state index contributed by atoms with van der Waals surface area (Å²) in [7, 11) is 0. The van der Waals surface area contributed by atoms with Crippen LogP contribution in [0.15, 0.2) is 45.7 Å². The molecule has 0 radical (unpaired) electrons. The zero-order chi connectivity index (χ0) is 18.0. The number of H-pyrrole nitrogens is 1. The van der Waals surface area contributed by atoms with E-state index in [1.807, 2.05) is 41.0 Å². The van der Waals surface area contributed by atoms with Crippen molar-refractivity contribution in [1.29, 1.82) is 0 Å². The van der Waals surface area contributed by atoms with Crippen LogP contribution >= 0.6 is 23.1 Å². The van der Waals surface area contributed by atoms with E-state index in [9.17, 15) is 14.4 Å². The number of carbonyl (C=O) groups excluding carboxylic acids is 2. The molecule has 9 heteroatoms. The van der Waals surface area contributed by atoms with Crippen LogP contribution in [0, 0.1) is 0 Å². The summed E-state index contributed by atoms with van der Waals surface area (Å²) < 4.78 is 0. The molecule has 0 spiro atoms. The Kier molecular flexibility index (Phi) is 4.86. The minimum atomic E-state index is -0.917. The largest absolute Gasteiger partial charge is 0.351 e. The van der Waals surface area contributed by atoms with Gasteiger partial charge < -0.3 is 10.7 Å². The molecular weight excluding hydrogens is 360 g/mol. The van der Waals surface area contributed by atoms with Gasteiger partial charge in [-0.3, -0.25) is 14.9 Å². The van der Waals surface area contributed by atoms with Crippen molar-refractivity contribution >= 4 is 45.3 Å². The molecule has 0 saturated heterocycles. The second kappa shape index (κ2) is 7.08. The number of thiophene rings is 1. The predicted octanol–water partition coefficient (Wildman–Crippen LogP) is 2.33. The van der Waals surface area contributed by atoms with Crippen LogP contribution in [0.3, 0.4) is 0 Å². The number of rotatable bonds is 4. The molecule has 2 heterocycles. The van der Waals surface area contributed by atoms with Crippen molar-refractivity contribution in [3.8, 4) is 11.1 Å². The van der Waals surface area contributed by atoms with Gasteiger partial charge in [0, 0.05) is 10.9 Å². The first-order chi connectivity index (χ1) is 12.0. The van der Waals surface area contributed by atoms with Crippen LogP contribution in [0.25, 0.3) is 21.3 Å². The molecule has 1 atom stereocenters. The average molecular weight is 374 g/mol. The van der Waals surface area contributed by atoms with E-state index in [4.69, 9.17) is 5.73 Å². The number of amides is 3. The second-order valence-electron chi connectivity index (χ2n) is 5.18. The molecule has 0 bridgehead atoms. The Morgan fingerprint density at radius 2 is 2.04 bits per heavy atom. The molecule has 0 aliphatic rings. The average Bonchev–Trinajstić information content (AvgIpc) is 2.99. The highest BCUT2D eigenvalue weighted by Gasteiger charge is 2.19. The smallest absolute Gasteiger partial charge is 0.318 e. The molecule has 4 N–H and O–H groups in total. The Morgan fingerprint density at radius 1 is 1.32 bits per heavy atom. The lowest BCUT2D eigenvalue weighted by molar-refractivity contribution is -0.119. The van der Waals surface area contributed by atoms with Crippen LogP contribution in [0.5, 0.6) is 0 Å². The first-order valence-corrected chi connectivity index (χ1v) is 9.05. The van der Waals surface area contributed by atoms with Gasteiger partial charge in [-0.2, -0.15) is 0 Å². The van der Waals surface area contributed by atoms with E-state index in [1.54, 1.807) is 6.92 Å². The van der Waals surface area contributed by atoms with Crippen molar-refractivity contribution < 1.29 is 9.59 Å². The van der Waals surface area contributed by atoms with Crippen LogP contribution in [-0.2, 0) is 4.79 Å². The number of benzene rings is 1. The molecule has 0 unspecified atom stereocenters. The summed E-state index contributed by atoms with van der Waals surface area (Å²) in [5.74, 6) is -0.545. The maximum atomic E-state index is 12.5. The number of fused-ring (bicyclic) bond motifs is 1. The molecule has 0 aliphatic heterocycles. The third kappa shape index (κ3) is 3.72. The minimum absolute atomic E-state index is 0.268. The number of primary amides is 1. The summed E-state index contributed by atoms with van der Waals surface area (Å²) in [6.07, 6.45) is 0. The molecule has 3 rings (SSSR count).